The van der Waals surface area contributed by atoms with E-state index in [0.717, 1.165) is 11.8 Å². The van der Waals surface area contributed by atoms with E-state index in [-0.39, 0.29) is 0 Å². The molecule has 0 radical (unpaired) electrons. The summed E-state index contributed by atoms with van der Waals surface area (Å²) in [5.74, 6) is 1.76. The zero-order valence-electron chi connectivity index (χ0n) is 13.2. The van der Waals surface area contributed by atoms with Gasteiger partial charge in [-0.2, -0.15) is 0 Å². The summed E-state index contributed by atoms with van der Waals surface area (Å²) in [7, 11) is 0. The van der Waals surface area contributed by atoms with E-state index in [0.29, 0.717) is 0 Å². The first-order valence-electron chi connectivity index (χ1n) is 8.83. The highest BCUT2D eigenvalue weighted by atomic mass is 15.1. The number of nitrogens with zero attached hydrogens (tertiary/aromatic N) is 1. The third-order valence-electron chi connectivity index (χ3n) is 5.24. The van der Waals surface area contributed by atoms with Gasteiger partial charge in [0.1, 0.15) is 0 Å². The maximum Gasteiger partial charge on any atom is -0.00131 e. The summed E-state index contributed by atoms with van der Waals surface area (Å²) in [6.07, 6.45) is 14.4. The second-order valence-corrected chi connectivity index (χ2v) is 6.88. The van der Waals surface area contributed by atoms with Crippen LogP contribution in [0.1, 0.15) is 44.1 Å². The third-order valence-corrected chi connectivity index (χ3v) is 5.24. The fourth-order valence-corrected chi connectivity index (χ4v) is 3.83. The van der Waals surface area contributed by atoms with E-state index in [2.05, 4.69) is 47.4 Å². The second kappa shape index (κ2) is 7.79. The molecule has 0 N–H and O–H groups in total. The first-order valence-corrected chi connectivity index (χ1v) is 8.83. The second-order valence-electron chi connectivity index (χ2n) is 6.88. The van der Waals surface area contributed by atoms with Gasteiger partial charge in [-0.25, -0.2) is 0 Å². The van der Waals surface area contributed by atoms with E-state index in [1.807, 2.05) is 0 Å². The van der Waals surface area contributed by atoms with Gasteiger partial charge in [0.2, 0.25) is 0 Å². The van der Waals surface area contributed by atoms with Gasteiger partial charge in [-0.05, 0) is 82.0 Å². The van der Waals surface area contributed by atoms with Crippen LogP contribution < -0.4 is 0 Å². The average Bonchev–Trinajstić information content (AvgIpc) is 2.56. The molecule has 21 heavy (non-hydrogen) atoms. The summed E-state index contributed by atoms with van der Waals surface area (Å²) in [6, 6.07) is 11.0. The molecule has 1 aromatic carbocycles. The molecular formula is C20H29N. The van der Waals surface area contributed by atoms with Crippen molar-refractivity contribution in [2.24, 2.45) is 11.8 Å². The molecule has 0 spiro atoms. The zero-order valence-corrected chi connectivity index (χ0v) is 13.2. The highest BCUT2D eigenvalue weighted by molar-refractivity contribution is 5.15. The van der Waals surface area contributed by atoms with E-state index in [1.165, 1.54) is 70.1 Å². The minimum absolute atomic E-state index is 0.862. The van der Waals surface area contributed by atoms with Crippen molar-refractivity contribution < 1.29 is 0 Å². The van der Waals surface area contributed by atoms with E-state index < -0.39 is 0 Å². The Morgan fingerprint density at radius 3 is 2.52 bits per heavy atom. The van der Waals surface area contributed by atoms with Gasteiger partial charge in [-0.3, -0.25) is 0 Å². The van der Waals surface area contributed by atoms with Crippen molar-refractivity contribution in [3.63, 3.8) is 0 Å². The highest BCUT2D eigenvalue weighted by Crippen LogP contribution is 2.24. The predicted molar refractivity (Wildman–Crippen MR) is 90.4 cm³/mol. The van der Waals surface area contributed by atoms with Crippen molar-refractivity contribution in [3.05, 3.63) is 48.0 Å². The van der Waals surface area contributed by atoms with Gasteiger partial charge in [0.05, 0.1) is 0 Å². The summed E-state index contributed by atoms with van der Waals surface area (Å²) < 4.78 is 0. The Labute approximate surface area is 130 Å². The Kier molecular flexibility index (Phi) is 5.51. The quantitative estimate of drug-likeness (QED) is 0.709. The van der Waals surface area contributed by atoms with Crippen LogP contribution in [-0.4, -0.2) is 24.5 Å². The summed E-state index contributed by atoms with van der Waals surface area (Å²) in [5.41, 5.74) is 1.52. The van der Waals surface area contributed by atoms with Gasteiger partial charge in [-0.15, -0.1) is 0 Å². The smallest absolute Gasteiger partial charge is 0.00131 e. The third kappa shape index (κ3) is 4.71. The Bertz CT molecular complexity index is 428. The fourth-order valence-electron chi connectivity index (χ4n) is 3.83. The number of piperidine rings is 1. The van der Waals surface area contributed by atoms with Gasteiger partial charge >= 0.3 is 0 Å². The molecule has 1 fully saturated rings. The molecule has 0 aromatic heterocycles. The van der Waals surface area contributed by atoms with Crippen molar-refractivity contribution in [2.45, 2.75) is 44.9 Å². The molecule has 0 saturated carbocycles. The monoisotopic (exact) mass is 283 g/mol. The number of likely N-dealkylation sites (tertiary alicyclic amines) is 1. The molecule has 0 bridgehead atoms. The van der Waals surface area contributed by atoms with Crippen LogP contribution in [0.15, 0.2) is 42.5 Å². The number of rotatable bonds is 5. The van der Waals surface area contributed by atoms with Crippen molar-refractivity contribution in [1.29, 1.82) is 0 Å². The Morgan fingerprint density at radius 2 is 1.81 bits per heavy atom. The number of hydrogen-bond acceptors (Lipinski definition) is 1. The van der Waals surface area contributed by atoms with Crippen molar-refractivity contribution in [1.82, 2.24) is 4.90 Å². The van der Waals surface area contributed by atoms with E-state index in [4.69, 9.17) is 0 Å². The number of allylic oxidation sites excluding steroid dienone is 2. The van der Waals surface area contributed by atoms with Crippen LogP contribution in [0.2, 0.25) is 0 Å². The molecule has 1 aromatic rings. The average molecular weight is 283 g/mol. The number of benzene rings is 1. The van der Waals surface area contributed by atoms with Crippen molar-refractivity contribution >= 4 is 0 Å². The maximum atomic E-state index is 2.70. The Morgan fingerprint density at radius 1 is 1.00 bits per heavy atom. The maximum absolute atomic E-state index is 2.70. The van der Waals surface area contributed by atoms with Crippen LogP contribution in [0.5, 0.6) is 0 Å². The molecule has 1 aliphatic heterocycles. The van der Waals surface area contributed by atoms with Gasteiger partial charge in [0.25, 0.3) is 0 Å². The summed E-state index contributed by atoms with van der Waals surface area (Å²) >= 11 is 0. The molecule has 1 unspecified atom stereocenters. The molecule has 1 nitrogen and oxygen atoms in total. The molecular weight excluding hydrogens is 254 g/mol. The van der Waals surface area contributed by atoms with Crippen LogP contribution in [-0.2, 0) is 6.42 Å². The molecule has 1 atom stereocenters. The molecule has 0 amide bonds. The van der Waals surface area contributed by atoms with Crippen molar-refractivity contribution in [3.8, 4) is 0 Å². The summed E-state index contributed by atoms with van der Waals surface area (Å²) in [5, 5.41) is 0. The summed E-state index contributed by atoms with van der Waals surface area (Å²) in [6.45, 7) is 3.94. The van der Waals surface area contributed by atoms with Crippen LogP contribution in [0.25, 0.3) is 0 Å². The zero-order chi connectivity index (χ0) is 14.3. The van der Waals surface area contributed by atoms with Gasteiger partial charge in [0.15, 0.2) is 0 Å². The predicted octanol–water partition coefficient (Wildman–Crippen LogP) is 4.69. The van der Waals surface area contributed by atoms with E-state index >= 15 is 0 Å². The lowest BCUT2D eigenvalue weighted by atomic mass is 9.89. The number of hydrogen-bond donors (Lipinski definition) is 0. The minimum Gasteiger partial charge on any atom is -0.303 e. The van der Waals surface area contributed by atoms with Crippen LogP contribution in [0, 0.1) is 11.8 Å². The Hall–Kier alpha value is -1.08. The molecule has 114 valence electrons. The highest BCUT2D eigenvalue weighted by Gasteiger charge is 2.20. The minimum atomic E-state index is 0.862. The standard InChI is InChI=1S/C20H29N/c1-3-7-18(8-4-1)11-14-21-15-12-20(13-16-21)17-19-9-5-2-6-10-19/h2-3,5-7,9-10,18,20H,1,4,8,11-17H2. The van der Waals surface area contributed by atoms with Crippen LogP contribution >= 0.6 is 0 Å². The molecule has 1 heteroatoms. The first-order chi connectivity index (χ1) is 10.4. The summed E-state index contributed by atoms with van der Waals surface area (Å²) in [4.78, 5) is 2.70. The van der Waals surface area contributed by atoms with Gasteiger partial charge in [0, 0.05) is 0 Å². The first kappa shape index (κ1) is 14.8. The lowest BCUT2D eigenvalue weighted by Crippen LogP contribution is -2.35. The Balaban J connectivity index is 1.37. The van der Waals surface area contributed by atoms with Crippen molar-refractivity contribution in [2.75, 3.05) is 19.6 Å². The van der Waals surface area contributed by atoms with Crippen LogP contribution in [0.4, 0.5) is 0 Å². The molecule has 2 aliphatic rings. The normalized spacial score (nSPS) is 24.3. The topological polar surface area (TPSA) is 3.24 Å². The van der Waals surface area contributed by atoms with Gasteiger partial charge in [-0.1, -0.05) is 42.5 Å². The fraction of sp³-hybridized carbons (Fsp3) is 0.600. The van der Waals surface area contributed by atoms with E-state index in [9.17, 15) is 0 Å². The SMILES string of the molecule is C1=CC(CCN2CCC(Cc3ccccc3)CC2)CCC1. The molecule has 1 aliphatic carbocycles. The molecule has 1 saturated heterocycles. The molecule has 1 heterocycles. The van der Waals surface area contributed by atoms with Crippen LogP contribution in [0.3, 0.4) is 0 Å². The largest absolute Gasteiger partial charge is 0.303 e. The van der Waals surface area contributed by atoms with Gasteiger partial charge < -0.3 is 4.90 Å². The molecule has 3 rings (SSSR count). The van der Waals surface area contributed by atoms with E-state index in [1.54, 1.807) is 0 Å². The lowest BCUT2D eigenvalue weighted by Gasteiger charge is -2.33. The lowest BCUT2D eigenvalue weighted by molar-refractivity contribution is 0.175.